The minimum absolute atomic E-state index is 0.0393. The number of carboxylic acids is 1. The van der Waals surface area contributed by atoms with Gasteiger partial charge in [-0.25, -0.2) is 4.79 Å². The fourth-order valence-electron chi connectivity index (χ4n) is 2.99. The second kappa shape index (κ2) is 6.20. The molecule has 0 aliphatic carbocycles. The molecule has 5 nitrogen and oxygen atoms in total. The molecule has 122 valence electrons. The van der Waals surface area contributed by atoms with Gasteiger partial charge in [-0.1, -0.05) is 18.2 Å². The van der Waals surface area contributed by atoms with E-state index in [0.717, 1.165) is 22.3 Å². The highest BCUT2D eigenvalue weighted by Gasteiger charge is 2.19. The molecule has 0 saturated heterocycles. The van der Waals surface area contributed by atoms with E-state index >= 15 is 0 Å². The van der Waals surface area contributed by atoms with E-state index in [1.165, 1.54) is 6.92 Å². The molecular weight excluding hydrogens is 306 g/mol. The minimum atomic E-state index is -1.04. The first-order chi connectivity index (χ1) is 11.5. The molecule has 0 fully saturated rings. The maximum atomic E-state index is 12.2. The first kappa shape index (κ1) is 15.8. The quantitative estimate of drug-likeness (QED) is 0.728. The van der Waals surface area contributed by atoms with Crippen molar-refractivity contribution in [3.63, 3.8) is 0 Å². The number of fused-ring (bicyclic) bond motifs is 1. The highest BCUT2D eigenvalue weighted by Crippen LogP contribution is 2.32. The van der Waals surface area contributed by atoms with Gasteiger partial charge in [-0.2, -0.15) is 0 Å². The third kappa shape index (κ3) is 2.76. The zero-order valence-electron chi connectivity index (χ0n) is 13.4. The van der Waals surface area contributed by atoms with E-state index in [9.17, 15) is 9.59 Å². The van der Waals surface area contributed by atoms with E-state index < -0.39 is 12.6 Å². The maximum absolute atomic E-state index is 12.2. The van der Waals surface area contributed by atoms with Crippen LogP contribution < -0.4 is 4.74 Å². The van der Waals surface area contributed by atoms with Gasteiger partial charge in [-0.3, -0.25) is 4.79 Å². The van der Waals surface area contributed by atoms with Crippen molar-refractivity contribution >= 4 is 22.7 Å². The van der Waals surface area contributed by atoms with Crippen LogP contribution in [0.4, 0.5) is 0 Å². The van der Waals surface area contributed by atoms with Gasteiger partial charge in [-0.15, -0.1) is 0 Å². The van der Waals surface area contributed by atoms with Crippen molar-refractivity contribution in [2.24, 2.45) is 0 Å². The van der Waals surface area contributed by atoms with E-state index in [-0.39, 0.29) is 5.78 Å². The maximum Gasteiger partial charge on any atom is 0.341 e. The number of carbonyl (C=O) groups is 2. The fraction of sp³-hybridized carbons (Fsp3) is 0.158. The fourth-order valence-corrected chi connectivity index (χ4v) is 2.99. The molecule has 0 saturated carbocycles. The highest BCUT2D eigenvalue weighted by atomic mass is 16.5. The summed E-state index contributed by atoms with van der Waals surface area (Å²) in [6, 6.07) is 15.1. The number of benzene rings is 2. The lowest BCUT2D eigenvalue weighted by atomic mass is 10.1. The number of carboxylic acid groups (broad SMARTS) is 1. The van der Waals surface area contributed by atoms with Crippen LogP contribution in [0.1, 0.15) is 23.0 Å². The zero-order chi connectivity index (χ0) is 17.3. The molecule has 1 heterocycles. The van der Waals surface area contributed by atoms with Crippen LogP contribution in [0.2, 0.25) is 0 Å². The molecule has 0 bridgehead atoms. The van der Waals surface area contributed by atoms with Crippen LogP contribution in [-0.4, -0.2) is 28.0 Å². The Bertz CT molecular complexity index is 925. The Morgan fingerprint density at radius 1 is 1.12 bits per heavy atom. The average molecular weight is 323 g/mol. The van der Waals surface area contributed by atoms with Gasteiger partial charge in [0, 0.05) is 22.3 Å². The van der Waals surface area contributed by atoms with Crippen molar-refractivity contribution < 1.29 is 19.4 Å². The Kier molecular flexibility index (Phi) is 4.08. The van der Waals surface area contributed by atoms with Gasteiger partial charge >= 0.3 is 5.97 Å². The predicted octanol–water partition coefficient (Wildman–Crippen LogP) is 3.60. The number of ether oxygens (including phenoxy) is 1. The zero-order valence-corrected chi connectivity index (χ0v) is 13.4. The molecule has 2 aromatic carbocycles. The number of ketones is 1. The molecule has 0 aliphatic heterocycles. The van der Waals surface area contributed by atoms with Crippen molar-refractivity contribution in [2.45, 2.75) is 13.8 Å². The van der Waals surface area contributed by atoms with E-state index in [1.807, 2.05) is 47.9 Å². The monoisotopic (exact) mass is 323 g/mol. The molecule has 1 aromatic heterocycles. The summed E-state index contributed by atoms with van der Waals surface area (Å²) in [6.07, 6.45) is 0. The normalized spacial score (nSPS) is 10.8. The van der Waals surface area contributed by atoms with E-state index in [2.05, 4.69) is 0 Å². The molecule has 0 spiro atoms. The van der Waals surface area contributed by atoms with Crippen LogP contribution in [0.3, 0.4) is 0 Å². The van der Waals surface area contributed by atoms with Crippen molar-refractivity contribution in [1.82, 2.24) is 4.57 Å². The molecule has 3 aromatic rings. The first-order valence-electron chi connectivity index (χ1n) is 7.55. The van der Waals surface area contributed by atoms with Crippen LogP contribution in [0.5, 0.6) is 5.75 Å². The first-order valence-corrected chi connectivity index (χ1v) is 7.55. The minimum Gasteiger partial charge on any atom is -0.482 e. The van der Waals surface area contributed by atoms with Gasteiger partial charge in [0.25, 0.3) is 0 Å². The Balaban J connectivity index is 2.22. The third-order valence-corrected chi connectivity index (χ3v) is 3.90. The molecule has 0 aliphatic rings. The molecule has 0 unspecified atom stereocenters. The Morgan fingerprint density at radius 2 is 1.83 bits per heavy atom. The highest BCUT2D eigenvalue weighted by molar-refractivity contribution is 6.09. The summed E-state index contributed by atoms with van der Waals surface area (Å²) in [5.41, 5.74) is 3.31. The Hall–Kier alpha value is -3.08. The molecule has 1 N–H and O–H groups in total. The molecule has 5 heteroatoms. The smallest absolute Gasteiger partial charge is 0.341 e. The lowest BCUT2D eigenvalue weighted by Crippen LogP contribution is -2.09. The third-order valence-electron chi connectivity index (χ3n) is 3.90. The summed E-state index contributed by atoms with van der Waals surface area (Å²) in [5.74, 6) is -0.653. The number of para-hydroxylation sites is 1. The number of hydrogen-bond acceptors (Lipinski definition) is 3. The molecule has 0 atom stereocenters. The molecular formula is C19H17NO4. The predicted molar refractivity (Wildman–Crippen MR) is 91.1 cm³/mol. The molecule has 0 radical (unpaired) electrons. The summed E-state index contributed by atoms with van der Waals surface area (Å²) in [7, 11) is 0. The van der Waals surface area contributed by atoms with Gasteiger partial charge in [0.1, 0.15) is 5.75 Å². The van der Waals surface area contributed by atoms with Crippen LogP contribution in [0.25, 0.3) is 16.6 Å². The lowest BCUT2D eigenvalue weighted by molar-refractivity contribution is -0.139. The van der Waals surface area contributed by atoms with Crippen molar-refractivity contribution in [3.8, 4) is 11.4 Å². The SMILES string of the molecule is CC(=O)c1c(C)n(-c2ccccc2)c2ccc(OCC(=O)O)cc12. The molecule has 24 heavy (non-hydrogen) atoms. The van der Waals surface area contributed by atoms with Gasteiger partial charge < -0.3 is 14.4 Å². The Labute approximate surface area is 139 Å². The van der Waals surface area contributed by atoms with Crippen LogP contribution in [0.15, 0.2) is 48.5 Å². The lowest BCUT2D eigenvalue weighted by Gasteiger charge is -2.08. The standard InChI is InChI=1S/C19H17NO4/c1-12-19(13(2)21)16-10-15(24-11-18(22)23)8-9-17(16)20(12)14-6-4-3-5-7-14/h3-10H,11H2,1-2H3,(H,22,23). The van der Waals surface area contributed by atoms with Gasteiger partial charge in [0.05, 0.1) is 5.52 Å². The summed E-state index contributed by atoms with van der Waals surface area (Å²) in [4.78, 5) is 22.8. The average Bonchev–Trinajstić information content (AvgIpc) is 2.85. The van der Waals surface area contributed by atoms with Crippen LogP contribution >= 0.6 is 0 Å². The second-order valence-electron chi connectivity index (χ2n) is 5.55. The van der Waals surface area contributed by atoms with Gasteiger partial charge in [0.2, 0.25) is 0 Å². The Morgan fingerprint density at radius 3 is 2.46 bits per heavy atom. The number of carbonyl (C=O) groups excluding carboxylic acids is 1. The van der Waals surface area contributed by atoms with Crippen molar-refractivity contribution in [3.05, 3.63) is 59.8 Å². The largest absolute Gasteiger partial charge is 0.482 e. The van der Waals surface area contributed by atoms with Crippen molar-refractivity contribution in [1.29, 1.82) is 0 Å². The number of nitrogens with zero attached hydrogens (tertiary/aromatic N) is 1. The summed E-state index contributed by atoms with van der Waals surface area (Å²) in [6.45, 7) is 3.02. The number of aliphatic carboxylic acids is 1. The van der Waals surface area contributed by atoms with Crippen molar-refractivity contribution in [2.75, 3.05) is 6.61 Å². The number of aromatic nitrogens is 1. The second-order valence-corrected chi connectivity index (χ2v) is 5.55. The number of Topliss-reactive ketones (excluding diaryl/α,β-unsaturated/α-hetero) is 1. The van der Waals surface area contributed by atoms with Gasteiger partial charge in [-0.05, 0) is 44.2 Å². The van der Waals surface area contributed by atoms with Crippen LogP contribution in [0, 0.1) is 6.92 Å². The summed E-state index contributed by atoms with van der Waals surface area (Å²) < 4.78 is 7.27. The number of rotatable bonds is 5. The molecule has 3 rings (SSSR count). The number of hydrogen-bond donors (Lipinski definition) is 1. The van der Waals surface area contributed by atoms with Crippen LogP contribution in [-0.2, 0) is 4.79 Å². The van der Waals surface area contributed by atoms with Gasteiger partial charge in [0.15, 0.2) is 12.4 Å². The van der Waals surface area contributed by atoms with E-state index in [0.29, 0.717) is 11.3 Å². The van der Waals surface area contributed by atoms with E-state index in [4.69, 9.17) is 9.84 Å². The topological polar surface area (TPSA) is 68.5 Å². The molecule has 0 amide bonds. The summed E-state index contributed by atoms with van der Waals surface area (Å²) >= 11 is 0. The summed E-state index contributed by atoms with van der Waals surface area (Å²) in [5, 5.41) is 9.50. The van der Waals surface area contributed by atoms with E-state index in [1.54, 1.807) is 12.1 Å².